The maximum absolute atomic E-state index is 12.4. The molecule has 5 nitrogen and oxygen atoms in total. The summed E-state index contributed by atoms with van der Waals surface area (Å²) in [6.07, 6.45) is 8.69. The van der Waals surface area contributed by atoms with Crippen molar-refractivity contribution in [1.82, 2.24) is 9.55 Å². The molecule has 0 aliphatic heterocycles. The van der Waals surface area contributed by atoms with E-state index in [1.54, 1.807) is 17.0 Å². The molecule has 20 heavy (non-hydrogen) atoms. The van der Waals surface area contributed by atoms with Gasteiger partial charge in [-0.1, -0.05) is 13.8 Å². The highest BCUT2D eigenvalue weighted by Crippen LogP contribution is 2.33. The van der Waals surface area contributed by atoms with Crippen LogP contribution in [0.5, 0.6) is 0 Å². The van der Waals surface area contributed by atoms with E-state index in [0.29, 0.717) is 12.4 Å². The number of hydrogen-bond donors (Lipinski definition) is 2. The van der Waals surface area contributed by atoms with Crippen LogP contribution in [0, 0.1) is 5.92 Å². The van der Waals surface area contributed by atoms with E-state index in [1.807, 2.05) is 0 Å². The second-order valence-corrected chi connectivity index (χ2v) is 6.07. The summed E-state index contributed by atoms with van der Waals surface area (Å²) >= 11 is 0. The number of hydrogen-bond acceptors (Lipinski definition) is 4. The third kappa shape index (κ3) is 3.20. The highest BCUT2D eigenvalue weighted by molar-refractivity contribution is 5.35. The van der Waals surface area contributed by atoms with Crippen molar-refractivity contribution in [2.24, 2.45) is 11.7 Å². The van der Waals surface area contributed by atoms with Gasteiger partial charge < -0.3 is 15.6 Å². The Kier molecular flexibility index (Phi) is 4.81. The molecule has 0 amide bonds. The van der Waals surface area contributed by atoms with Crippen molar-refractivity contribution in [2.75, 3.05) is 11.9 Å². The van der Waals surface area contributed by atoms with E-state index in [0.717, 1.165) is 44.6 Å². The fourth-order valence-electron chi connectivity index (χ4n) is 2.90. The van der Waals surface area contributed by atoms with E-state index in [1.165, 1.54) is 0 Å². The number of aromatic nitrogens is 2. The molecule has 0 spiro atoms. The van der Waals surface area contributed by atoms with Gasteiger partial charge in [-0.25, -0.2) is 4.98 Å². The number of nitrogens with two attached hydrogens (primary N) is 1. The molecule has 0 unspecified atom stereocenters. The first-order chi connectivity index (χ1) is 9.60. The van der Waals surface area contributed by atoms with E-state index in [-0.39, 0.29) is 11.1 Å². The molecule has 0 aromatic carbocycles. The van der Waals surface area contributed by atoms with E-state index in [2.05, 4.69) is 24.1 Å². The number of aryl methyl sites for hydroxylation is 1. The summed E-state index contributed by atoms with van der Waals surface area (Å²) in [5.41, 5.74) is 5.78. The third-order valence-corrected chi connectivity index (χ3v) is 4.38. The van der Waals surface area contributed by atoms with Crippen LogP contribution in [0.4, 0.5) is 5.82 Å². The fraction of sp³-hybridized carbons (Fsp3) is 0.733. The number of nitrogens with one attached hydrogen (secondary N) is 1. The standard InChI is InChI=1S/C15H26N4O/c1-3-9-19-10-8-17-13(14(19)20)18-15(11-16)6-4-12(2)5-7-15/h8,10,12H,3-7,9,11,16H2,1-2H3,(H,17,18). The molecule has 0 bridgehead atoms. The molecule has 112 valence electrons. The number of rotatable bonds is 5. The third-order valence-electron chi connectivity index (χ3n) is 4.38. The minimum Gasteiger partial charge on any atom is -0.359 e. The lowest BCUT2D eigenvalue weighted by Gasteiger charge is -2.39. The Labute approximate surface area is 120 Å². The summed E-state index contributed by atoms with van der Waals surface area (Å²) in [6.45, 7) is 5.60. The second kappa shape index (κ2) is 6.39. The van der Waals surface area contributed by atoms with Gasteiger partial charge in [-0.15, -0.1) is 0 Å². The molecule has 1 aliphatic carbocycles. The highest BCUT2D eigenvalue weighted by Gasteiger charge is 2.33. The van der Waals surface area contributed by atoms with Crippen LogP contribution in [0.2, 0.25) is 0 Å². The van der Waals surface area contributed by atoms with Gasteiger partial charge in [0.1, 0.15) is 0 Å². The average molecular weight is 278 g/mol. The zero-order valence-corrected chi connectivity index (χ0v) is 12.6. The SMILES string of the molecule is CCCn1ccnc(NC2(CN)CCC(C)CC2)c1=O. The van der Waals surface area contributed by atoms with Crippen molar-refractivity contribution >= 4 is 5.82 Å². The summed E-state index contributed by atoms with van der Waals surface area (Å²) < 4.78 is 1.71. The Morgan fingerprint density at radius 2 is 2.20 bits per heavy atom. The lowest BCUT2D eigenvalue weighted by Crippen LogP contribution is -2.49. The summed E-state index contributed by atoms with van der Waals surface area (Å²) in [4.78, 5) is 16.6. The van der Waals surface area contributed by atoms with Gasteiger partial charge in [0.15, 0.2) is 5.82 Å². The molecule has 1 fully saturated rings. The Morgan fingerprint density at radius 1 is 1.50 bits per heavy atom. The van der Waals surface area contributed by atoms with Crippen LogP contribution in [0.1, 0.15) is 46.0 Å². The first kappa shape index (κ1) is 15.0. The highest BCUT2D eigenvalue weighted by atomic mass is 16.1. The van der Waals surface area contributed by atoms with Crippen LogP contribution < -0.4 is 16.6 Å². The van der Waals surface area contributed by atoms with Crippen molar-refractivity contribution in [2.45, 2.75) is 58.0 Å². The molecule has 2 rings (SSSR count). The zero-order valence-electron chi connectivity index (χ0n) is 12.6. The van der Waals surface area contributed by atoms with Crippen LogP contribution in [0.25, 0.3) is 0 Å². The molecule has 0 radical (unpaired) electrons. The molecule has 0 atom stereocenters. The predicted molar refractivity (Wildman–Crippen MR) is 81.8 cm³/mol. The first-order valence-electron chi connectivity index (χ1n) is 7.64. The molecule has 3 N–H and O–H groups in total. The quantitative estimate of drug-likeness (QED) is 0.863. The van der Waals surface area contributed by atoms with E-state index < -0.39 is 0 Å². The smallest absolute Gasteiger partial charge is 0.293 e. The van der Waals surface area contributed by atoms with Crippen molar-refractivity contribution in [3.63, 3.8) is 0 Å². The minimum atomic E-state index is -0.163. The fourth-order valence-corrected chi connectivity index (χ4v) is 2.90. The lowest BCUT2D eigenvalue weighted by atomic mass is 9.77. The van der Waals surface area contributed by atoms with Crippen LogP contribution in [0.15, 0.2) is 17.2 Å². The van der Waals surface area contributed by atoms with Crippen LogP contribution in [-0.4, -0.2) is 21.6 Å². The van der Waals surface area contributed by atoms with Gasteiger partial charge in [0, 0.05) is 25.5 Å². The van der Waals surface area contributed by atoms with Crippen molar-refractivity contribution in [3.05, 3.63) is 22.7 Å². The summed E-state index contributed by atoms with van der Waals surface area (Å²) in [7, 11) is 0. The summed E-state index contributed by atoms with van der Waals surface area (Å²) in [5, 5.41) is 3.36. The zero-order chi connectivity index (χ0) is 14.6. The van der Waals surface area contributed by atoms with Crippen LogP contribution >= 0.6 is 0 Å². The summed E-state index contributed by atoms with van der Waals surface area (Å²) in [5.74, 6) is 1.19. The van der Waals surface area contributed by atoms with Crippen molar-refractivity contribution < 1.29 is 0 Å². The monoisotopic (exact) mass is 278 g/mol. The topological polar surface area (TPSA) is 72.9 Å². The van der Waals surface area contributed by atoms with Gasteiger partial charge in [0.25, 0.3) is 5.56 Å². The van der Waals surface area contributed by atoms with Gasteiger partial charge in [-0.2, -0.15) is 0 Å². The van der Waals surface area contributed by atoms with Gasteiger partial charge in [-0.05, 0) is 38.0 Å². The van der Waals surface area contributed by atoms with E-state index in [4.69, 9.17) is 5.73 Å². The Hall–Kier alpha value is -1.36. The van der Waals surface area contributed by atoms with Crippen molar-refractivity contribution in [1.29, 1.82) is 0 Å². The Balaban J connectivity index is 2.20. The molecule has 1 aromatic heterocycles. The summed E-state index contributed by atoms with van der Waals surface area (Å²) in [6, 6.07) is 0. The first-order valence-corrected chi connectivity index (χ1v) is 7.64. The molecule has 1 aromatic rings. The Bertz CT molecular complexity index is 489. The average Bonchev–Trinajstić information content (AvgIpc) is 2.46. The Morgan fingerprint density at radius 3 is 2.80 bits per heavy atom. The number of anilines is 1. The molecular weight excluding hydrogens is 252 g/mol. The lowest BCUT2D eigenvalue weighted by molar-refractivity contribution is 0.271. The molecule has 1 aliphatic rings. The van der Waals surface area contributed by atoms with Crippen LogP contribution in [-0.2, 0) is 6.54 Å². The predicted octanol–water partition coefficient (Wildman–Crippen LogP) is 1.97. The molecular formula is C15H26N4O. The van der Waals surface area contributed by atoms with Crippen molar-refractivity contribution in [3.8, 4) is 0 Å². The largest absolute Gasteiger partial charge is 0.359 e. The molecule has 1 heterocycles. The van der Waals surface area contributed by atoms with E-state index >= 15 is 0 Å². The maximum atomic E-state index is 12.4. The van der Waals surface area contributed by atoms with Gasteiger partial charge >= 0.3 is 0 Å². The van der Waals surface area contributed by atoms with Gasteiger partial charge in [0.05, 0.1) is 5.54 Å². The molecule has 5 heteroatoms. The van der Waals surface area contributed by atoms with Gasteiger partial charge in [0.2, 0.25) is 0 Å². The normalized spacial score (nSPS) is 26.4. The van der Waals surface area contributed by atoms with Gasteiger partial charge in [-0.3, -0.25) is 4.79 Å². The van der Waals surface area contributed by atoms with E-state index in [9.17, 15) is 4.79 Å². The molecule has 1 saturated carbocycles. The van der Waals surface area contributed by atoms with Crippen LogP contribution in [0.3, 0.4) is 0 Å². The minimum absolute atomic E-state index is 0.0409. The maximum Gasteiger partial charge on any atom is 0.293 e. The number of nitrogens with zero attached hydrogens (tertiary/aromatic N) is 2. The molecule has 0 saturated heterocycles. The second-order valence-electron chi connectivity index (χ2n) is 6.07.